The highest BCUT2D eigenvalue weighted by molar-refractivity contribution is 9.10. The summed E-state index contributed by atoms with van der Waals surface area (Å²) >= 11 is 3.66. The van der Waals surface area contributed by atoms with Gasteiger partial charge in [-0.25, -0.2) is 0 Å². The number of aryl methyl sites for hydroxylation is 1. The van der Waals surface area contributed by atoms with Crippen LogP contribution in [0, 0.1) is 0 Å². The summed E-state index contributed by atoms with van der Waals surface area (Å²) in [7, 11) is 0. The second kappa shape index (κ2) is 9.75. The third kappa shape index (κ3) is 4.87. The molecule has 3 aromatic rings. The summed E-state index contributed by atoms with van der Waals surface area (Å²) in [4.78, 5) is 0. The van der Waals surface area contributed by atoms with Crippen molar-refractivity contribution in [1.29, 1.82) is 0 Å². The summed E-state index contributed by atoms with van der Waals surface area (Å²) < 4.78 is 3.36. The molecule has 0 aliphatic heterocycles. The van der Waals surface area contributed by atoms with Crippen molar-refractivity contribution in [1.82, 2.24) is 9.88 Å². The Morgan fingerprint density at radius 2 is 1.85 bits per heavy atom. The molecule has 0 radical (unpaired) electrons. The Morgan fingerprint density at radius 1 is 1.00 bits per heavy atom. The van der Waals surface area contributed by atoms with Crippen LogP contribution in [-0.2, 0) is 6.42 Å². The van der Waals surface area contributed by atoms with Gasteiger partial charge >= 0.3 is 0 Å². The van der Waals surface area contributed by atoms with E-state index >= 15 is 0 Å². The normalized spacial score (nSPS) is 11.1. The van der Waals surface area contributed by atoms with Gasteiger partial charge in [-0.05, 0) is 77.6 Å². The van der Waals surface area contributed by atoms with Crippen LogP contribution in [0.1, 0.15) is 31.2 Å². The molecule has 0 saturated heterocycles. The van der Waals surface area contributed by atoms with Crippen molar-refractivity contribution in [2.24, 2.45) is 0 Å². The largest absolute Gasteiger partial charge is 0.315 e. The quantitative estimate of drug-likeness (QED) is 0.307. The molecule has 1 aromatic heterocycles. The van der Waals surface area contributed by atoms with Crippen LogP contribution in [0.15, 0.2) is 71.9 Å². The summed E-state index contributed by atoms with van der Waals surface area (Å²) in [5.41, 5.74) is 3.88. The van der Waals surface area contributed by atoms with Gasteiger partial charge in [0.15, 0.2) is 0 Å². The zero-order valence-electron chi connectivity index (χ0n) is 15.3. The van der Waals surface area contributed by atoms with Crippen molar-refractivity contribution < 1.29 is 0 Å². The third-order valence-electron chi connectivity index (χ3n) is 4.72. The van der Waals surface area contributed by atoms with Crippen molar-refractivity contribution in [2.45, 2.75) is 32.1 Å². The number of hydrogen-bond donors (Lipinski definition) is 1. The fraction of sp³-hybridized carbons (Fsp3) is 0.304. The molecule has 3 rings (SSSR count). The summed E-state index contributed by atoms with van der Waals surface area (Å²) in [6.07, 6.45) is 10.3. The number of nitrogens with one attached hydrogen (secondary N) is 1. The molecule has 0 bridgehead atoms. The van der Waals surface area contributed by atoms with Crippen molar-refractivity contribution in [3.8, 4) is 5.69 Å². The molecule has 2 aromatic carbocycles. The molecule has 0 saturated carbocycles. The molecule has 0 aliphatic carbocycles. The molecular weight excluding hydrogens is 384 g/mol. The molecule has 0 unspecified atom stereocenters. The molecule has 1 N–H and O–H groups in total. The molecule has 136 valence electrons. The number of benzene rings is 2. The van der Waals surface area contributed by atoms with Crippen molar-refractivity contribution in [3.05, 3.63) is 77.4 Å². The van der Waals surface area contributed by atoms with Crippen molar-refractivity contribution >= 4 is 26.8 Å². The number of rotatable bonds is 10. The molecule has 0 amide bonds. The van der Waals surface area contributed by atoms with Crippen LogP contribution in [0.2, 0.25) is 0 Å². The Balaban J connectivity index is 1.56. The lowest BCUT2D eigenvalue weighted by atomic mass is 10.0. The maximum atomic E-state index is 3.72. The molecule has 0 aliphatic rings. The molecule has 0 atom stereocenters. The topological polar surface area (TPSA) is 17.0 Å². The van der Waals surface area contributed by atoms with E-state index < -0.39 is 0 Å². The van der Waals surface area contributed by atoms with Crippen LogP contribution in [0.3, 0.4) is 0 Å². The molecule has 1 heterocycles. The number of fused-ring (bicyclic) bond motifs is 1. The van der Waals surface area contributed by atoms with Gasteiger partial charge in [0.1, 0.15) is 0 Å². The SMILES string of the molecule is C=CCNCCCCCCc1ccc2c(ccn2-c2ccccc2Br)c1. The van der Waals surface area contributed by atoms with Crippen molar-refractivity contribution in [2.75, 3.05) is 13.1 Å². The van der Waals surface area contributed by atoms with E-state index in [1.165, 1.54) is 47.8 Å². The van der Waals surface area contributed by atoms with Gasteiger partial charge in [0.2, 0.25) is 0 Å². The van der Waals surface area contributed by atoms with E-state index in [4.69, 9.17) is 0 Å². The predicted molar refractivity (Wildman–Crippen MR) is 116 cm³/mol. The first kappa shape index (κ1) is 18.9. The van der Waals surface area contributed by atoms with Gasteiger partial charge in [0.05, 0.1) is 11.2 Å². The first-order valence-electron chi connectivity index (χ1n) is 9.46. The van der Waals surface area contributed by atoms with Gasteiger partial charge in [-0.15, -0.1) is 6.58 Å². The number of halogens is 1. The summed E-state index contributed by atoms with van der Waals surface area (Å²) in [6.45, 7) is 5.73. The summed E-state index contributed by atoms with van der Waals surface area (Å²) in [5, 5.41) is 4.67. The zero-order valence-corrected chi connectivity index (χ0v) is 16.8. The summed E-state index contributed by atoms with van der Waals surface area (Å²) in [5.74, 6) is 0. The lowest BCUT2D eigenvalue weighted by Crippen LogP contribution is -2.14. The average Bonchev–Trinajstić information content (AvgIpc) is 3.07. The Hall–Kier alpha value is -1.84. The van der Waals surface area contributed by atoms with Crippen LogP contribution in [-0.4, -0.2) is 17.7 Å². The second-order valence-electron chi connectivity index (χ2n) is 6.69. The Morgan fingerprint density at radius 3 is 2.69 bits per heavy atom. The highest BCUT2D eigenvalue weighted by atomic mass is 79.9. The molecule has 0 spiro atoms. The minimum Gasteiger partial charge on any atom is -0.315 e. The van der Waals surface area contributed by atoms with Crippen LogP contribution >= 0.6 is 15.9 Å². The van der Waals surface area contributed by atoms with E-state index in [1.54, 1.807) is 0 Å². The molecular formula is C23H27BrN2. The summed E-state index contributed by atoms with van der Waals surface area (Å²) in [6, 6.07) is 17.4. The maximum absolute atomic E-state index is 3.72. The van der Waals surface area contributed by atoms with Gasteiger partial charge in [0.25, 0.3) is 0 Å². The minimum absolute atomic E-state index is 0.916. The van der Waals surface area contributed by atoms with E-state index in [0.717, 1.165) is 24.0 Å². The predicted octanol–water partition coefficient (Wildman–Crippen LogP) is 6.27. The lowest BCUT2D eigenvalue weighted by Gasteiger charge is -2.08. The highest BCUT2D eigenvalue weighted by Gasteiger charge is 2.06. The van der Waals surface area contributed by atoms with Crippen LogP contribution in [0.4, 0.5) is 0 Å². The third-order valence-corrected chi connectivity index (χ3v) is 5.39. The van der Waals surface area contributed by atoms with Gasteiger partial charge in [-0.3, -0.25) is 0 Å². The van der Waals surface area contributed by atoms with Gasteiger partial charge in [-0.1, -0.05) is 37.1 Å². The average molecular weight is 411 g/mol. The smallest absolute Gasteiger partial charge is 0.0597 e. The van der Waals surface area contributed by atoms with E-state index in [9.17, 15) is 0 Å². The van der Waals surface area contributed by atoms with E-state index in [2.05, 4.69) is 81.1 Å². The number of aromatic nitrogens is 1. The number of para-hydroxylation sites is 1. The van der Waals surface area contributed by atoms with Gasteiger partial charge in [-0.2, -0.15) is 0 Å². The van der Waals surface area contributed by atoms with E-state index in [0.29, 0.717) is 0 Å². The molecule has 3 heteroatoms. The standard InChI is InChI=1S/C23H27BrN2/c1-2-15-25-16-8-4-3-5-9-19-12-13-22-20(18-19)14-17-26(22)23-11-7-6-10-21(23)24/h2,6-7,10-14,17-18,25H,1,3-5,8-9,15-16H2. The minimum atomic E-state index is 0.916. The van der Waals surface area contributed by atoms with E-state index in [1.807, 2.05) is 12.1 Å². The van der Waals surface area contributed by atoms with Crippen LogP contribution < -0.4 is 5.32 Å². The van der Waals surface area contributed by atoms with Gasteiger partial charge < -0.3 is 9.88 Å². The zero-order chi connectivity index (χ0) is 18.2. The lowest BCUT2D eigenvalue weighted by molar-refractivity contribution is 0.606. The molecule has 0 fully saturated rings. The van der Waals surface area contributed by atoms with Crippen LogP contribution in [0.25, 0.3) is 16.6 Å². The number of nitrogens with zero attached hydrogens (tertiary/aromatic N) is 1. The number of hydrogen-bond acceptors (Lipinski definition) is 1. The van der Waals surface area contributed by atoms with Crippen molar-refractivity contribution in [3.63, 3.8) is 0 Å². The first-order valence-corrected chi connectivity index (χ1v) is 10.3. The number of unbranched alkanes of at least 4 members (excludes halogenated alkanes) is 3. The van der Waals surface area contributed by atoms with Gasteiger partial charge in [0, 0.05) is 22.6 Å². The molecule has 2 nitrogen and oxygen atoms in total. The van der Waals surface area contributed by atoms with E-state index in [-0.39, 0.29) is 0 Å². The highest BCUT2D eigenvalue weighted by Crippen LogP contribution is 2.27. The second-order valence-corrected chi connectivity index (χ2v) is 7.54. The fourth-order valence-electron chi connectivity index (χ4n) is 3.34. The Bertz CT molecular complexity index is 850. The first-order chi connectivity index (χ1) is 12.8. The fourth-order valence-corrected chi connectivity index (χ4v) is 3.82. The monoisotopic (exact) mass is 410 g/mol. The molecule has 26 heavy (non-hydrogen) atoms. The Labute approximate surface area is 165 Å². The Kier molecular flexibility index (Phi) is 7.10. The maximum Gasteiger partial charge on any atom is 0.0597 e. The van der Waals surface area contributed by atoms with Crippen LogP contribution in [0.5, 0.6) is 0 Å².